The van der Waals surface area contributed by atoms with E-state index >= 15 is 0 Å². The number of imidazole rings is 1. The predicted octanol–water partition coefficient (Wildman–Crippen LogP) is 3.48. The Kier molecular flexibility index (Phi) is 8.30. The van der Waals surface area contributed by atoms with Gasteiger partial charge in [-0.05, 0) is 49.1 Å². The number of pyridine rings is 1. The Labute approximate surface area is 186 Å². The number of carbonyl (C=O) groups excluding carboxylic acids is 1. The standard InChI is InChI=1S/C23H27FN6O2/c1-32-23(31)30(14-4-5-19-15-26-16-29-19)22(25)28-13-11-20(21-6-2-3-12-27-21)17-7-9-18(24)10-8-17/h2-3,6-10,12,15-16,20H,4-5,11,13-14H2,1H3,(H2,25,28)(H,26,29). The second kappa shape index (κ2) is 11.6. The van der Waals surface area contributed by atoms with Crippen LogP contribution in [0.15, 0.2) is 66.2 Å². The molecule has 1 atom stereocenters. The van der Waals surface area contributed by atoms with Gasteiger partial charge >= 0.3 is 6.09 Å². The molecule has 1 amide bonds. The quantitative estimate of drug-likeness (QED) is 0.393. The summed E-state index contributed by atoms with van der Waals surface area (Å²) >= 11 is 0. The molecule has 0 aliphatic rings. The van der Waals surface area contributed by atoms with Crippen LogP contribution in [0.25, 0.3) is 0 Å². The van der Waals surface area contributed by atoms with Crippen molar-refractivity contribution in [3.63, 3.8) is 0 Å². The van der Waals surface area contributed by atoms with Gasteiger partial charge in [0.05, 0.1) is 13.4 Å². The molecule has 0 saturated carbocycles. The highest BCUT2D eigenvalue weighted by Gasteiger charge is 2.19. The van der Waals surface area contributed by atoms with Crippen molar-refractivity contribution < 1.29 is 13.9 Å². The molecule has 168 valence electrons. The SMILES string of the molecule is COC(=O)N(CCCc1cnc[nH]1)C(N)=NCCC(c1ccc(F)cc1)c1ccccn1. The first-order valence-electron chi connectivity index (χ1n) is 10.4. The average molecular weight is 439 g/mol. The summed E-state index contributed by atoms with van der Waals surface area (Å²) in [7, 11) is 1.31. The van der Waals surface area contributed by atoms with E-state index in [9.17, 15) is 9.18 Å². The highest BCUT2D eigenvalue weighted by molar-refractivity contribution is 5.93. The second-order valence-electron chi connectivity index (χ2n) is 7.19. The lowest BCUT2D eigenvalue weighted by molar-refractivity contribution is 0.145. The van der Waals surface area contributed by atoms with Gasteiger partial charge in [0, 0.05) is 42.8 Å². The number of aliphatic imine (C=N–C) groups is 1. The third-order valence-corrected chi connectivity index (χ3v) is 5.06. The Hall–Kier alpha value is -3.75. The van der Waals surface area contributed by atoms with Crippen molar-refractivity contribution >= 4 is 12.1 Å². The van der Waals surface area contributed by atoms with Crippen LogP contribution in [-0.2, 0) is 11.2 Å². The second-order valence-corrected chi connectivity index (χ2v) is 7.19. The number of halogens is 1. The van der Waals surface area contributed by atoms with E-state index in [2.05, 4.69) is 19.9 Å². The molecule has 0 fully saturated rings. The molecule has 2 heterocycles. The van der Waals surface area contributed by atoms with Crippen molar-refractivity contribution in [2.45, 2.75) is 25.2 Å². The number of benzene rings is 1. The van der Waals surface area contributed by atoms with Crippen LogP contribution in [0, 0.1) is 5.82 Å². The molecule has 9 heteroatoms. The topological polar surface area (TPSA) is 109 Å². The van der Waals surface area contributed by atoms with E-state index < -0.39 is 6.09 Å². The minimum Gasteiger partial charge on any atom is -0.452 e. The summed E-state index contributed by atoms with van der Waals surface area (Å²) in [6.45, 7) is 0.723. The molecule has 0 aliphatic carbocycles. The fourth-order valence-corrected chi connectivity index (χ4v) is 3.41. The van der Waals surface area contributed by atoms with Crippen molar-refractivity contribution in [2.75, 3.05) is 20.2 Å². The van der Waals surface area contributed by atoms with Crippen LogP contribution >= 0.6 is 0 Å². The number of nitrogens with one attached hydrogen (secondary N) is 1. The van der Waals surface area contributed by atoms with Gasteiger partial charge in [-0.1, -0.05) is 18.2 Å². The van der Waals surface area contributed by atoms with Crippen molar-refractivity contribution in [2.24, 2.45) is 10.7 Å². The van der Waals surface area contributed by atoms with Crippen LogP contribution in [0.2, 0.25) is 0 Å². The van der Waals surface area contributed by atoms with E-state index in [1.54, 1.807) is 30.9 Å². The number of H-pyrrole nitrogens is 1. The Morgan fingerprint density at radius 2 is 2.09 bits per heavy atom. The number of aryl methyl sites for hydroxylation is 1. The molecular formula is C23H27FN6O2. The van der Waals surface area contributed by atoms with Crippen LogP contribution < -0.4 is 5.73 Å². The third-order valence-electron chi connectivity index (χ3n) is 5.06. The zero-order valence-corrected chi connectivity index (χ0v) is 17.9. The van der Waals surface area contributed by atoms with Gasteiger partial charge in [0.15, 0.2) is 0 Å². The van der Waals surface area contributed by atoms with Gasteiger partial charge in [-0.15, -0.1) is 0 Å². The minimum absolute atomic E-state index is 0.0831. The van der Waals surface area contributed by atoms with E-state index in [-0.39, 0.29) is 17.7 Å². The molecule has 0 bridgehead atoms. The molecule has 0 aliphatic heterocycles. The van der Waals surface area contributed by atoms with Gasteiger partial charge in [-0.25, -0.2) is 19.1 Å². The number of methoxy groups -OCH3 is 1. The molecule has 0 saturated heterocycles. The van der Waals surface area contributed by atoms with Crippen LogP contribution in [0.4, 0.5) is 9.18 Å². The predicted molar refractivity (Wildman–Crippen MR) is 120 cm³/mol. The maximum absolute atomic E-state index is 13.4. The number of ether oxygens (including phenoxy) is 1. The number of guanidine groups is 1. The fraction of sp³-hybridized carbons (Fsp3) is 0.304. The van der Waals surface area contributed by atoms with Gasteiger partial charge in [0.25, 0.3) is 0 Å². The molecule has 8 nitrogen and oxygen atoms in total. The number of hydrogen-bond donors (Lipinski definition) is 2. The molecule has 3 rings (SSSR count). The van der Waals surface area contributed by atoms with Crippen molar-refractivity contribution in [1.29, 1.82) is 0 Å². The van der Waals surface area contributed by atoms with Crippen molar-refractivity contribution in [3.05, 3.63) is 84.0 Å². The van der Waals surface area contributed by atoms with E-state index in [1.165, 1.54) is 24.1 Å². The summed E-state index contributed by atoms with van der Waals surface area (Å²) in [6, 6.07) is 12.0. The Bertz CT molecular complexity index is 993. The van der Waals surface area contributed by atoms with Crippen LogP contribution in [0.1, 0.15) is 35.7 Å². The largest absolute Gasteiger partial charge is 0.452 e. The summed E-state index contributed by atoms with van der Waals surface area (Å²) in [5.41, 5.74) is 8.89. The Balaban J connectivity index is 1.67. The first-order valence-corrected chi connectivity index (χ1v) is 10.4. The van der Waals surface area contributed by atoms with E-state index in [1.807, 2.05) is 18.2 Å². The lowest BCUT2D eigenvalue weighted by Crippen LogP contribution is -2.42. The van der Waals surface area contributed by atoms with E-state index in [0.29, 0.717) is 32.4 Å². The molecular weight excluding hydrogens is 411 g/mol. The molecule has 3 aromatic rings. The summed E-state index contributed by atoms with van der Waals surface area (Å²) in [5, 5.41) is 0. The Morgan fingerprint density at radius 3 is 2.75 bits per heavy atom. The molecule has 32 heavy (non-hydrogen) atoms. The zero-order chi connectivity index (χ0) is 22.8. The van der Waals surface area contributed by atoms with Gasteiger partial charge in [-0.2, -0.15) is 0 Å². The number of rotatable bonds is 9. The normalized spacial score (nSPS) is 12.4. The molecule has 2 aromatic heterocycles. The highest BCUT2D eigenvalue weighted by atomic mass is 19.1. The Morgan fingerprint density at radius 1 is 1.28 bits per heavy atom. The minimum atomic E-state index is -0.560. The zero-order valence-electron chi connectivity index (χ0n) is 17.9. The molecule has 1 unspecified atom stereocenters. The maximum Gasteiger partial charge on any atom is 0.416 e. The molecule has 1 aromatic carbocycles. The van der Waals surface area contributed by atoms with Crippen LogP contribution in [0.5, 0.6) is 0 Å². The van der Waals surface area contributed by atoms with E-state index in [0.717, 1.165) is 17.0 Å². The number of nitrogens with zero attached hydrogens (tertiary/aromatic N) is 4. The number of amides is 1. The summed E-state index contributed by atoms with van der Waals surface area (Å²) < 4.78 is 18.3. The summed E-state index contributed by atoms with van der Waals surface area (Å²) in [5.74, 6) is -0.278. The average Bonchev–Trinajstić information content (AvgIpc) is 3.34. The van der Waals surface area contributed by atoms with Crippen molar-refractivity contribution in [3.8, 4) is 0 Å². The first kappa shape index (κ1) is 22.9. The van der Waals surface area contributed by atoms with Gasteiger partial charge in [-0.3, -0.25) is 9.98 Å². The summed E-state index contributed by atoms with van der Waals surface area (Å²) in [4.78, 5) is 29.4. The smallest absolute Gasteiger partial charge is 0.416 e. The third kappa shape index (κ3) is 6.37. The molecule has 3 N–H and O–H groups in total. The lowest BCUT2D eigenvalue weighted by atomic mass is 9.92. The van der Waals surface area contributed by atoms with Gasteiger partial charge in [0.1, 0.15) is 5.82 Å². The van der Waals surface area contributed by atoms with Gasteiger partial charge in [0.2, 0.25) is 5.96 Å². The fourth-order valence-electron chi connectivity index (χ4n) is 3.41. The van der Waals surface area contributed by atoms with Gasteiger partial charge < -0.3 is 15.5 Å². The molecule has 0 spiro atoms. The number of carbonyl (C=O) groups is 1. The van der Waals surface area contributed by atoms with Crippen molar-refractivity contribution in [1.82, 2.24) is 19.9 Å². The van der Waals surface area contributed by atoms with Crippen LogP contribution in [-0.4, -0.2) is 52.1 Å². The number of hydrogen-bond acceptors (Lipinski definition) is 5. The number of aromatic nitrogens is 3. The first-order chi connectivity index (χ1) is 15.6. The number of nitrogens with two attached hydrogens (primary N) is 1. The maximum atomic E-state index is 13.4. The summed E-state index contributed by atoms with van der Waals surface area (Å²) in [6.07, 6.45) is 6.49. The lowest BCUT2D eigenvalue weighted by Gasteiger charge is -2.21. The highest BCUT2D eigenvalue weighted by Crippen LogP contribution is 2.26. The van der Waals surface area contributed by atoms with Crippen LogP contribution in [0.3, 0.4) is 0 Å². The van der Waals surface area contributed by atoms with E-state index in [4.69, 9.17) is 10.5 Å². The molecule has 0 radical (unpaired) electrons. The monoisotopic (exact) mass is 438 g/mol. The number of aromatic amines is 1.